The highest BCUT2D eigenvalue weighted by molar-refractivity contribution is 5.78. The van der Waals surface area contributed by atoms with Crippen molar-refractivity contribution in [1.82, 2.24) is 5.32 Å². The fraction of sp³-hybridized carbons (Fsp3) is 0.350. The van der Waals surface area contributed by atoms with Crippen LogP contribution < -0.4 is 5.32 Å². The van der Waals surface area contributed by atoms with Crippen LogP contribution in [0, 0.1) is 11.7 Å². The lowest BCUT2D eigenvalue weighted by Crippen LogP contribution is -2.31. The molecule has 4 heteroatoms. The smallest absolute Gasteiger partial charge is 0.222 e. The fourth-order valence-electron chi connectivity index (χ4n) is 2.52. The Kier molecular flexibility index (Phi) is 6.94. The molecule has 0 aromatic heterocycles. The van der Waals surface area contributed by atoms with Crippen LogP contribution in [0.3, 0.4) is 0 Å². The van der Waals surface area contributed by atoms with Crippen molar-refractivity contribution in [3.63, 3.8) is 0 Å². The quantitative estimate of drug-likeness (QED) is 0.781. The van der Waals surface area contributed by atoms with Crippen LogP contribution in [0.5, 0.6) is 0 Å². The molecule has 0 aliphatic carbocycles. The van der Waals surface area contributed by atoms with E-state index in [1.54, 1.807) is 6.07 Å². The van der Waals surface area contributed by atoms with Crippen LogP contribution in [0.2, 0.25) is 0 Å². The molecule has 0 saturated heterocycles. The van der Waals surface area contributed by atoms with Gasteiger partial charge in [-0.05, 0) is 48.1 Å². The average Bonchev–Trinajstić information content (AvgIpc) is 2.60. The summed E-state index contributed by atoms with van der Waals surface area (Å²) < 4.78 is 13.1. The minimum Gasteiger partial charge on any atom is -0.392 e. The summed E-state index contributed by atoms with van der Waals surface area (Å²) in [5.41, 5.74) is 2.92. The Morgan fingerprint density at radius 2 is 1.79 bits per heavy atom. The van der Waals surface area contributed by atoms with E-state index in [2.05, 4.69) is 5.32 Å². The highest BCUT2D eigenvalue weighted by Gasteiger charge is 2.12. The fourth-order valence-corrected chi connectivity index (χ4v) is 2.52. The van der Waals surface area contributed by atoms with Gasteiger partial charge in [-0.15, -0.1) is 0 Å². The Labute approximate surface area is 142 Å². The van der Waals surface area contributed by atoms with Gasteiger partial charge < -0.3 is 10.4 Å². The van der Waals surface area contributed by atoms with Crippen LogP contribution >= 0.6 is 0 Å². The molecule has 2 N–H and O–H groups in total. The third-order valence-corrected chi connectivity index (χ3v) is 4.12. The van der Waals surface area contributed by atoms with Crippen molar-refractivity contribution in [2.24, 2.45) is 5.92 Å². The number of rotatable bonds is 8. The molecule has 0 heterocycles. The molecule has 2 aromatic carbocycles. The monoisotopic (exact) mass is 329 g/mol. The van der Waals surface area contributed by atoms with Crippen LogP contribution in [0.25, 0.3) is 0 Å². The van der Waals surface area contributed by atoms with Gasteiger partial charge in [0.2, 0.25) is 5.91 Å². The Hall–Kier alpha value is -2.20. The van der Waals surface area contributed by atoms with Crippen LogP contribution in [0.1, 0.15) is 30.0 Å². The molecule has 0 radical (unpaired) electrons. The topological polar surface area (TPSA) is 49.3 Å². The van der Waals surface area contributed by atoms with Gasteiger partial charge in [0.05, 0.1) is 6.61 Å². The molecule has 128 valence electrons. The first-order valence-electron chi connectivity index (χ1n) is 8.29. The molecule has 3 nitrogen and oxygen atoms in total. The van der Waals surface area contributed by atoms with Crippen LogP contribution in [-0.4, -0.2) is 17.6 Å². The van der Waals surface area contributed by atoms with Gasteiger partial charge in [0.15, 0.2) is 0 Å². The molecule has 24 heavy (non-hydrogen) atoms. The average molecular weight is 329 g/mol. The number of hydrogen-bond donors (Lipinski definition) is 2. The predicted octanol–water partition coefficient (Wildman–Crippen LogP) is 3.25. The van der Waals surface area contributed by atoms with Crippen LogP contribution in [0.15, 0.2) is 48.5 Å². The van der Waals surface area contributed by atoms with Gasteiger partial charge in [-0.25, -0.2) is 4.39 Å². The molecule has 0 aliphatic heterocycles. The van der Waals surface area contributed by atoms with Crippen molar-refractivity contribution >= 4 is 5.91 Å². The summed E-state index contributed by atoms with van der Waals surface area (Å²) >= 11 is 0. The molecule has 0 bridgehead atoms. The number of amides is 1. The zero-order valence-electron chi connectivity index (χ0n) is 14.0. The lowest BCUT2D eigenvalue weighted by atomic mass is 10.00. The lowest BCUT2D eigenvalue weighted by Gasteiger charge is -2.12. The van der Waals surface area contributed by atoms with Gasteiger partial charge in [-0.1, -0.05) is 43.3 Å². The van der Waals surface area contributed by atoms with Gasteiger partial charge in [0.25, 0.3) is 0 Å². The minimum absolute atomic E-state index is 0.0263. The van der Waals surface area contributed by atoms with E-state index in [9.17, 15) is 9.18 Å². The standard InChI is InChI=1S/C20H24FNO2/c1-15(5-6-17-3-2-4-19(21)13-17)20(24)22-12-11-16-7-9-18(14-23)10-8-16/h2-4,7-10,13,15,23H,5-6,11-12,14H2,1H3,(H,22,24). The SMILES string of the molecule is CC(CCc1cccc(F)c1)C(=O)NCCc1ccc(CO)cc1. The first-order chi connectivity index (χ1) is 11.6. The zero-order valence-corrected chi connectivity index (χ0v) is 14.0. The number of halogens is 1. The second-order valence-electron chi connectivity index (χ2n) is 6.09. The minimum atomic E-state index is -0.239. The Bertz CT molecular complexity index is 655. The maximum absolute atomic E-state index is 13.1. The predicted molar refractivity (Wildman–Crippen MR) is 93.0 cm³/mol. The molecule has 0 saturated carbocycles. The molecule has 0 aliphatic rings. The van der Waals surface area contributed by atoms with Gasteiger partial charge in [-0.2, -0.15) is 0 Å². The Morgan fingerprint density at radius 1 is 1.08 bits per heavy atom. The number of hydrogen-bond acceptors (Lipinski definition) is 2. The maximum Gasteiger partial charge on any atom is 0.222 e. The third-order valence-electron chi connectivity index (χ3n) is 4.12. The summed E-state index contributed by atoms with van der Waals surface area (Å²) in [6.07, 6.45) is 2.14. The first-order valence-corrected chi connectivity index (χ1v) is 8.29. The second kappa shape index (κ2) is 9.18. The number of carbonyl (C=O) groups excluding carboxylic acids is 1. The van der Waals surface area contributed by atoms with E-state index in [1.165, 1.54) is 12.1 Å². The van der Waals surface area contributed by atoms with E-state index in [4.69, 9.17) is 5.11 Å². The molecular weight excluding hydrogens is 305 g/mol. The van der Waals surface area contributed by atoms with E-state index in [1.807, 2.05) is 37.3 Å². The molecular formula is C20H24FNO2. The molecule has 0 fully saturated rings. The Balaban J connectivity index is 1.71. The third kappa shape index (κ3) is 5.78. The second-order valence-corrected chi connectivity index (χ2v) is 6.09. The highest BCUT2D eigenvalue weighted by Crippen LogP contribution is 2.11. The molecule has 1 amide bonds. The van der Waals surface area contributed by atoms with Crippen LogP contribution in [0.4, 0.5) is 4.39 Å². The summed E-state index contributed by atoms with van der Waals surface area (Å²) in [5.74, 6) is -0.319. The number of nitrogens with one attached hydrogen (secondary N) is 1. The van der Waals surface area contributed by atoms with Crippen molar-refractivity contribution in [3.8, 4) is 0 Å². The van der Waals surface area contributed by atoms with E-state index in [-0.39, 0.29) is 24.2 Å². The molecule has 2 aromatic rings. The largest absolute Gasteiger partial charge is 0.392 e. The van der Waals surface area contributed by atoms with Crippen molar-refractivity contribution in [1.29, 1.82) is 0 Å². The number of aliphatic hydroxyl groups excluding tert-OH is 1. The highest BCUT2D eigenvalue weighted by atomic mass is 19.1. The Morgan fingerprint density at radius 3 is 2.46 bits per heavy atom. The van der Waals surface area contributed by atoms with Crippen LogP contribution in [-0.2, 0) is 24.2 Å². The van der Waals surface area contributed by atoms with Crippen molar-refractivity contribution in [3.05, 3.63) is 71.0 Å². The van der Waals surface area contributed by atoms with Gasteiger partial charge in [-0.3, -0.25) is 4.79 Å². The number of aryl methyl sites for hydroxylation is 1. The zero-order chi connectivity index (χ0) is 17.4. The molecule has 1 atom stereocenters. The van der Waals surface area contributed by atoms with E-state index < -0.39 is 0 Å². The van der Waals surface area contributed by atoms with Gasteiger partial charge >= 0.3 is 0 Å². The number of carbonyl (C=O) groups is 1. The van der Waals surface area contributed by atoms with Gasteiger partial charge in [0, 0.05) is 12.5 Å². The number of benzene rings is 2. The van der Waals surface area contributed by atoms with Crippen molar-refractivity contribution in [2.75, 3.05) is 6.54 Å². The number of aliphatic hydroxyl groups is 1. The summed E-state index contributed by atoms with van der Waals surface area (Å²) in [6.45, 7) is 2.52. The summed E-state index contributed by atoms with van der Waals surface area (Å²) in [4.78, 5) is 12.1. The first kappa shape index (κ1) is 18.1. The van der Waals surface area contributed by atoms with Crippen molar-refractivity contribution in [2.45, 2.75) is 32.8 Å². The normalized spacial score (nSPS) is 12.0. The maximum atomic E-state index is 13.1. The summed E-state index contributed by atoms with van der Waals surface area (Å²) in [6, 6.07) is 14.2. The van der Waals surface area contributed by atoms with E-state index >= 15 is 0 Å². The lowest BCUT2D eigenvalue weighted by molar-refractivity contribution is -0.124. The van der Waals surface area contributed by atoms with E-state index in [0.29, 0.717) is 19.4 Å². The molecule has 1 unspecified atom stereocenters. The summed E-state index contributed by atoms with van der Waals surface area (Å²) in [7, 11) is 0. The van der Waals surface area contributed by atoms with E-state index in [0.717, 1.165) is 23.1 Å². The van der Waals surface area contributed by atoms with Crippen molar-refractivity contribution < 1.29 is 14.3 Å². The molecule has 2 rings (SSSR count). The molecule has 0 spiro atoms. The van der Waals surface area contributed by atoms with Gasteiger partial charge in [0.1, 0.15) is 5.82 Å². The summed E-state index contributed by atoms with van der Waals surface area (Å²) in [5, 5.41) is 12.0.